The third-order valence-corrected chi connectivity index (χ3v) is 5.57. The number of aryl methyl sites for hydroxylation is 1. The Labute approximate surface area is 175 Å². The lowest BCUT2D eigenvalue weighted by Crippen LogP contribution is -2.54. The van der Waals surface area contributed by atoms with Crippen LogP contribution in [0.15, 0.2) is 46.4 Å². The first kappa shape index (κ1) is 19.4. The van der Waals surface area contributed by atoms with E-state index in [0.29, 0.717) is 11.4 Å². The van der Waals surface area contributed by atoms with Gasteiger partial charge in [-0.25, -0.2) is 0 Å². The van der Waals surface area contributed by atoms with Crippen LogP contribution in [0.5, 0.6) is 0 Å². The third kappa shape index (κ3) is 3.82. The van der Waals surface area contributed by atoms with E-state index in [2.05, 4.69) is 10.2 Å². The fourth-order valence-electron chi connectivity index (χ4n) is 3.75. The smallest absolute Gasteiger partial charge is 0.270 e. The van der Waals surface area contributed by atoms with Gasteiger partial charge in [0.05, 0.1) is 5.69 Å². The number of hydrogen-bond acceptors (Lipinski definition) is 5. The van der Waals surface area contributed by atoms with Crippen LogP contribution < -0.4 is 15.1 Å². The Kier molecular flexibility index (Phi) is 5.49. The number of carbonyl (C=O) groups is 2. The zero-order valence-corrected chi connectivity index (χ0v) is 17.1. The number of carbonyl (C=O) groups excluding carboxylic acids is 2. The van der Waals surface area contributed by atoms with Crippen molar-refractivity contribution in [3.63, 3.8) is 0 Å². The van der Waals surface area contributed by atoms with Gasteiger partial charge in [-0.2, -0.15) is 0 Å². The van der Waals surface area contributed by atoms with E-state index in [1.807, 2.05) is 37.3 Å². The molecule has 0 saturated carbocycles. The lowest BCUT2D eigenvalue weighted by Gasteiger charge is -2.30. The maximum atomic E-state index is 13.2. The standard InChI is InChI=1S/C22H23N3O3S/c1-2-15-8-4-5-9-18(15)25-21(27)17(20(26)23-22(25)29)14-16-10-11-19(28-16)24-12-6-3-7-13-24/h4-5,8-11,14H,2-3,6-7,12-13H2,1H3,(H,23,26,29)/b17-14-. The second kappa shape index (κ2) is 8.21. The summed E-state index contributed by atoms with van der Waals surface area (Å²) in [6.45, 7) is 3.92. The topological polar surface area (TPSA) is 65.8 Å². The number of nitrogens with zero attached hydrogens (tertiary/aromatic N) is 2. The van der Waals surface area contributed by atoms with Gasteiger partial charge in [-0.15, -0.1) is 0 Å². The van der Waals surface area contributed by atoms with Crippen molar-refractivity contribution in [2.75, 3.05) is 22.9 Å². The van der Waals surface area contributed by atoms with E-state index in [-0.39, 0.29) is 10.7 Å². The predicted molar refractivity (Wildman–Crippen MR) is 117 cm³/mol. The second-order valence-electron chi connectivity index (χ2n) is 7.16. The number of thiocarbonyl (C=S) groups is 1. The van der Waals surface area contributed by atoms with Gasteiger partial charge in [0.1, 0.15) is 11.3 Å². The molecule has 0 radical (unpaired) electrons. The molecule has 1 aromatic heterocycles. The van der Waals surface area contributed by atoms with E-state index in [0.717, 1.165) is 43.8 Å². The highest BCUT2D eigenvalue weighted by atomic mass is 32.1. The molecule has 0 unspecified atom stereocenters. The van der Waals surface area contributed by atoms with Crippen molar-refractivity contribution in [3.8, 4) is 0 Å². The number of rotatable bonds is 4. The molecule has 0 spiro atoms. The molecule has 1 aromatic carbocycles. The zero-order valence-electron chi connectivity index (χ0n) is 16.3. The van der Waals surface area contributed by atoms with Gasteiger partial charge in [-0.3, -0.25) is 19.8 Å². The first-order valence-electron chi connectivity index (χ1n) is 9.92. The molecule has 2 aromatic rings. The SMILES string of the molecule is CCc1ccccc1N1C(=O)/C(=C\c2ccc(N3CCCCC3)o2)C(=O)NC1=S. The number of anilines is 2. The van der Waals surface area contributed by atoms with E-state index in [1.165, 1.54) is 17.4 Å². The number of benzene rings is 1. The van der Waals surface area contributed by atoms with E-state index in [4.69, 9.17) is 16.6 Å². The molecule has 0 bridgehead atoms. The lowest BCUT2D eigenvalue weighted by atomic mass is 10.1. The van der Waals surface area contributed by atoms with Gasteiger partial charge in [0.15, 0.2) is 11.0 Å². The van der Waals surface area contributed by atoms with Gasteiger partial charge in [0.2, 0.25) is 0 Å². The largest absolute Gasteiger partial charge is 0.441 e. The molecule has 2 amide bonds. The Morgan fingerprint density at radius 1 is 1.10 bits per heavy atom. The minimum absolute atomic E-state index is 0.00375. The summed E-state index contributed by atoms with van der Waals surface area (Å²) in [6.07, 6.45) is 5.75. The number of nitrogens with one attached hydrogen (secondary N) is 1. The van der Waals surface area contributed by atoms with Gasteiger partial charge in [-0.05, 0) is 61.7 Å². The van der Waals surface area contributed by atoms with Crippen molar-refractivity contribution in [2.45, 2.75) is 32.6 Å². The Morgan fingerprint density at radius 3 is 2.62 bits per heavy atom. The summed E-state index contributed by atoms with van der Waals surface area (Å²) >= 11 is 5.29. The highest BCUT2D eigenvalue weighted by Gasteiger charge is 2.35. The molecule has 2 fully saturated rings. The van der Waals surface area contributed by atoms with Crippen LogP contribution in [-0.4, -0.2) is 30.0 Å². The molecular formula is C22H23N3O3S. The van der Waals surface area contributed by atoms with Gasteiger partial charge in [0.25, 0.3) is 11.8 Å². The summed E-state index contributed by atoms with van der Waals surface area (Å²) in [4.78, 5) is 29.3. The van der Waals surface area contributed by atoms with Crippen LogP contribution in [0.2, 0.25) is 0 Å². The van der Waals surface area contributed by atoms with E-state index in [1.54, 1.807) is 6.07 Å². The van der Waals surface area contributed by atoms with E-state index in [9.17, 15) is 9.59 Å². The first-order chi connectivity index (χ1) is 14.1. The number of furan rings is 1. The molecule has 0 atom stereocenters. The van der Waals surface area contributed by atoms with Crippen LogP contribution >= 0.6 is 12.2 Å². The van der Waals surface area contributed by atoms with Crippen LogP contribution in [0.3, 0.4) is 0 Å². The number of amides is 2. The Morgan fingerprint density at radius 2 is 1.86 bits per heavy atom. The van der Waals surface area contributed by atoms with Crippen LogP contribution in [0.25, 0.3) is 6.08 Å². The summed E-state index contributed by atoms with van der Waals surface area (Å²) in [7, 11) is 0. The van der Waals surface area contributed by atoms with E-state index < -0.39 is 11.8 Å². The molecule has 150 valence electrons. The highest BCUT2D eigenvalue weighted by molar-refractivity contribution is 7.80. The quantitative estimate of drug-likeness (QED) is 0.474. The first-order valence-corrected chi connectivity index (χ1v) is 10.3. The Balaban J connectivity index is 1.64. The van der Waals surface area contributed by atoms with Crippen molar-refractivity contribution >= 4 is 46.8 Å². The summed E-state index contributed by atoms with van der Waals surface area (Å²) < 4.78 is 5.90. The third-order valence-electron chi connectivity index (χ3n) is 5.28. The molecule has 2 saturated heterocycles. The number of piperidine rings is 1. The summed E-state index contributed by atoms with van der Waals surface area (Å²) in [5, 5.41) is 2.72. The summed E-state index contributed by atoms with van der Waals surface area (Å²) in [5.41, 5.74) is 1.66. The van der Waals surface area contributed by atoms with Crippen molar-refractivity contribution in [1.29, 1.82) is 0 Å². The second-order valence-corrected chi connectivity index (χ2v) is 7.55. The number of hydrogen-bond donors (Lipinski definition) is 1. The maximum Gasteiger partial charge on any atom is 0.270 e. The fraction of sp³-hybridized carbons (Fsp3) is 0.318. The van der Waals surface area contributed by atoms with Crippen LogP contribution in [0.4, 0.5) is 11.6 Å². The maximum absolute atomic E-state index is 13.2. The van der Waals surface area contributed by atoms with Gasteiger partial charge in [-0.1, -0.05) is 25.1 Å². The molecule has 29 heavy (non-hydrogen) atoms. The molecule has 0 aliphatic carbocycles. The number of para-hydroxylation sites is 1. The van der Waals surface area contributed by atoms with Crippen molar-refractivity contribution in [1.82, 2.24) is 5.32 Å². The van der Waals surface area contributed by atoms with Crippen molar-refractivity contribution in [2.24, 2.45) is 0 Å². The van der Waals surface area contributed by atoms with Crippen LogP contribution in [-0.2, 0) is 16.0 Å². The van der Waals surface area contributed by atoms with Gasteiger partial charge < -0.3 is 9.32 Å². The molecule has 2 aliphatic rings. The van der Waals surface area contributed by atoms with E-state index >= 15 is 0 Å². The molecule has 3 heterocycles. The van der Waals surface area contributed by atoms with Gasteiger partial charge in [0, 0.05) is 19.2 Å². The Hall–Kier alpha value is -2.93. The Bertz CT molecular complexity index is 989. The molecule has 7 heteroatoms. The van der Waals surface area contributed by atoms with Crippen LogP contribution in [0, 0.1) is 0 Å². The minimum atomic E-state index is -0.513. The molecule has 2 aliphatic heterocycles. The highest BCUT2D eigenvalue weighted by Crippen LogP contribution is 2.28. The average Bonchev–Trinajstić information content (AvgIpc) is 3.21. The molecular weight excluding hydrogens is 386 g/mol. The van der Waals surface area contributed by atoms with Crippen molar-refractivity contribution in [3.05, 3.63) is 53.3 Å². The predicted octanol–water partition coefficient (Wildman–Crippen LogP) is 3.66. The fourth-order valence-corrected chi connectivity index (χ4v) is 4.02. The summed E-state index contributed by atoms with van der Waals surface area (Å²) in [6, 6.07) is 11.2. The molecule has 1 N–H and O–H groups in total. The van der Waals surface area contributed by atoms with Crippen molar-refractivity contribution < 1.29 is 14.0 Å². The monoisotopic (exact) mass is 409 g/mol. The molecule has 6 nitrogen and oxygen atoms in total. The zero-order chi connectivity index (χ0) is 20.4. The summed E-state index contributed by atoms with van der Waals surface area (Å²) in [5.74, 6) is 0.279. The van der Waals surface area contributed by atoms with Gasteiger partial charge >= 0.3 is 0 Å². The minimum Gasteiger partial charge on any atom is -0.441 e. The van der Waals surface area contributed by atoms with Crippen LogP contribution in [0.1, 0.15) is 37.5 Å². The molecule has 4 rings (SSSR count). The normalized spacial score (nSPS) is 19.1. The lowest BCUT2D eigenvalue weighted by molar-refractivity contribution is -0.122. The average molecular weight is 410 g/mol.